The Labute approximate surface area is 99.3 Å². The number of aromatic nitrogens is 2. The van der Waals surface area contributed by atoms with Gasteiger partial charge in [0.25, 0.3) is 5.56 Å². The Morgan fingerprint density at radius 2 is 2.44 bits per heavy atom. The summed E-state index contributed by atoms with van der Waals surface area (Å²) in [7, 11) is 1.93. The fraction of sp³-hybridized carbons (Fsp3) is 0.636. The van der Waals surface area contributed by atoms with Crippen molar-refractivity contribution in [1.29, 1.82) is 0 Å². The number of thioether (sulfide) groups is 1. The minimum absolute atomic E-state index is 0.0738. The Balaban J connectivity index is 2.15. The van der Waals surface area contributed by atoms with Crippen LogP contribution in [0.4, 0.5) is 0 Å². The third-order valence-electron chi connectivity index (χ3n) is 2.73. The molecular formula is C11H17N3OS. The Kier molecular flexibility index (Phi) is 4.01. The largest absolute Gasteiger partial charge is 0.320 e. The van der Waals surface area contributed by atoms with Crippen LogP contribution < -0.4 is 10.9 Å². The molecule has 4 nitrogen and oxygen atoms in total. The third-order valence-corrected chi connectivity index (χ3v) is 3.70. The van der Waals surface area contributed by atoms with E-state index in [-0.39, 0.29) is 5.56 Å². The maximum Gasteiger partial charge on any atom is 0.254 e. The summed E-state index contributed by atoms with van der Waals surface area (Å²) in [4.78, 5) is 19.2. The van der Waals surface area contributed by atoms with Crippen LogP contribution in [0.1, 0.15) is 23.5 Å². The van der Waals surface area contributed by atoms with Crippen LogP contribution in [0, 0.1) is 0 Å². The van der Waals surface area contributed by atoms with Crippen LogP contribution in [-0.2, 0) is 18.6 Å². The third kappa shape index (κ3) is 2.65. The number of hydrogen-bond donors (Lipinski definition) is 2. The van der Waals surface area contributed by atoms with E-state index < -0.39 is 0 Å². The van der Waals surface area contributed by atoms with Gasteiger partial charge in [0.05, 0.1) is 5.69 Å². The molecule has 16 heavy (non-hydrogen) atoms. The van der Waals surface area contributed by atoms with E-state index in [0.29, 0.717) is 0 Å². The van der Waals surface area contributed by atoms with E-state index in [2.05, 4.69) is 15.3 Å². The predicted molar refractivity (Wildman–Crippen MR) is 67.0 cm³/mol. The zero-order valence-corrected chi connectivity index (χ0v) is 10.3. The lowest BCUT2D eigenvalue weighted by Crippen LogP contribution is -2.23. The van der Waals surface area contributed by atoms with Crippen LogP contribution in [0.3, 0.4) is 0 Å². The van der Waals surface area contributed by atoms with Crippen LogP contribution in [0.25, 0.3) is 0 Å². The van der Waals surface area contributed by atoms with Crippen molar-refractivity contribution in [3.05, 3.63) is 27.4 Å². The molecule has 2 N–H and O–H groups in total. The molecule has 0 saturated heterocycles. The number of nitrogens with zero attached hydrogens (tertiary/aromatic N) is 1. The topological polar surface area (TPSA) is 57.8 Å². The monoisotopic (exact) mass is 239 g/mol. The molecule has 0 unspecified atom stereocenters. The smallest absolute Gasteiger partial charge is 0.254 e. The Hall–Kier alpha value is -0.810. The van der Waals surface area contributed by atoms with Gasteiger partial charge in [-0.15, -0.1) is 0 Å². The van der Waals surface area contributed by atoms with Crippen molar-refractivity contribution in [3.8, 4) is 0 Å². The van der Waals surface area contributed by atoms with Gasteiger partial charge in [-0.1, -0.05) is 0 Å². The van der Waals surface area contributed by atoms with E-state index in [4.69, 9.17) is 0 Å². The lowest BCUT2D eigenvalue weighted by molar-refractivity contribution is 0.694. The van der Waals surface area contributed by atoms with Crippen LogP contribution in [0.2, 0.25) is 0 Å². The fourth-order valence-electron chi connectivity index (χ4n) is 1.87. The second-order valence-corrected chi connectivity index (χ2v) is 5.05. The highest BCUT2D eigenvalue weighted by molar-refractivity contribution is 7.98. The van der Waals surface area contributed by atoms with E-state index >= 15 is 0 Å². The predicted octanol–water partition coefficient (Wildman–Crippen LogP) is 0.711. The lowest BCUT2D eigenvalue weighted by atomic mass is 10.1. The van der Waals surface area contributed by atoms with Gasteiger partial charge in [-0.05, 0) is 32.2 Å². The van der Waals surface area contributed by atoms with E-state index in [0.717, 1.165) is 54.4 Å². The van der Waals surface area contributed by atoms with Gasteiger partial charge in [0, 0.05) is 17.7 Å². The molecular weight excluding hydrogens is 222 g/mol. The molecule has 0 fully saturated rings. The molecule has 0 saturated carbocycles. The standard InChI is InChI=1S/C11H17N3OS/c1-12-5-2-3-10-13-9-7-16-6-4-8(9)11(15)14-10/h12H,2-7H2,1H3,(H,13,14,15). The van der Waals surface area contributed by atoms with Crippen molar-refractivity contribution in [3.63, 3.8) is 0 Å². The van der Waals surface area contributed by atoms with Gasteiger partial charge in [-0.2, -0.15) is 11.8 Å². The van der Waals surface area contributed by atoms with Crippen molar-refractivity contribution in [2.45, 2.75) is 25.0 Å². The first-order chi connectivity index (χ1) is 7.81. The Bertz CT molecular complexity index is 416. The molecule has 0 amide bonds. The first-order valence-electron chi connectivity index (χ1n) is 5.64. The van der Waals surface area contributed by atoms with Crippen LogP contribution >= 0.6 is 11.8 Å². The molecule has 0 atom stereocenters. The molecule has 1 aromatic rings. The second-order valence-electron chi connectivity index (χ2n) is 3.95. The summed E-state index contributed by atoms with van der Waals surface area (Å²) in [6.07, 6.45) is 2.71. The summed E-state index contributed by atoms with van der Waals surface area (Å²) >= 11 is 1.86. The van der Waals surface area contributed by atoms with Crippen molar-refractivity contribution in [2.75, 3.05) is 19.3 Å². The van der Waals surface area contributed by atoms with E-state index in [9.17, 15) is 4.79 Å². The number of aryl methyl sites for hydroxylation is 1. The highest BCUT2D eigenvalue weighted by Crippen LogP contribution is 2.20. The summed E-state index contributed by atoms with van der Waals surface area (Å²) in [5.74, 6) is 2.76. The highest BCUT2D eigenvalue weighted by atomic mass is 32.2. The van der Waals surface area contributed by atoms with Gasteiger partial charge in [-0.3, -0.25) is 4.79 Å². The average Bonchev–Trinajstić information content (AvgIpc) is 2.30. The number of fused-ring (bicyclic) bond motifs is 1. The van der Waals surface area contributed by atoms with Gasteiger partial charge >= 0.3 is 0 Å². The fourth-order valence-corrected chi connectivity index (χ4v) is 2.79. The zero-order valence-electron chi connectivity index (χ0n) is 9.51. The molecule has 88 valence electrons. The minimum atomic E-state index is 0.0738. The molecule has 0 aliphatic carbocycles. The molecule has 1 aliphatic rings. The quantitative estimate of drug-likeness (QED) is 0.760. The summed E-state index contributed by atoms with van der Waals surface area (Å²) in [5.41, 5.74) is 1.97. The molecule has 1 aromatic heterocycles. The van der Waals surface area contributed by atoms with E-state index in [1.807, 2.05) is 18.8 Å². The Morgan fingerprint density at radius 3 is 3.25 bits per heavy atom. The maximum absolute atomic E-state index is 11.8. The number of H-pyrrole nitrogens is 1. The number of hydrogen-bond acceptors (Lipinski definition) is 4. The molecule has 5 heteroatoms. The number of nitrogens with one attached hydrogen (secondary N) is 2. The summed E-state index contributed by atoms with van der Waals surface area (Å²) in [6.45, 7) is 0.954. The molecule has 1 aliphatic heterocycles. The highest BCUT2D eigenvalue weighted by Gasteiger charge is 2.15. The zero-order chi connectivity index (χ0) is 11.4. The molecule has 2 heterocycles. The van der Waals surface area contributed by atoms with E-state index in [1.165, 1.54) is 0 Å². The van der Waals surface area contributed by atoms with Crippen LogP contribution in [0.15, 0.2) is 4.79 Å². The summed E-state index contributed by atoms with van der Waals surface area (Å²) in [5, 5.41) is 3.09. The molecule has 0 bridgehead atoms. The SMILES string of the molecule is CNCCCc1nc2c(c(=O)[nH]1)CCSC2. The Morgan fingerprint density at radius 1 is 1.56 bits per heavy atom. The van der Waals surface area contributed by atoms with Gasteiger partial charge in [-0.25, -0.2) is 4.98 Å². The minimum Gasteiger partial charge on any atom is -0.320 e. The van der Waals surface area contributed by atoms with Crippen molar-refractivity contribution in [2.24, 2.45) is 0 Å². The van der Waals surface area contributed by atoms with E-state index in [1.54, 1.807) is 0 Å². The van der Waals surface area contributed by atoms with Crippen molar-refractivity contribution >= 4 is 11.8 Å². The van der Waals surface area contributed by atoms with Gasteiger partial charge in [0.2, 0.25) is 0 Å². The molecule has 0 aromatic carbocycles. The second kappa shape index (κ2) is 5.50. The normalized spacial score (nSPS) is 14.8. The number of rotatable bonds is 4. The van der Waals surface area contributed by atoms with Crippen LogP contribution in [0.5, 0.6) is 0 Å². The van der Waals surface area contributed by atoms with Gasteiger partial charge in [0.15, 0.2) is 0 Å². The van der Waals surface area contributed by atoms with Gasteiger partial charge < -0.3 is 10.3 Å². The van der Waals surface area contributed by atoms with Gasteiger partial charge in [0.1, 0.15) is 5.82 Å². The average molecular weight is 239 g/mol. The molecule has 2 rings (SSSR count). The summed E-state index contributed by atoms with van der Waals surface area (Å²) in [6, 6.07) is 0. The molecule has 0 spiro atoms. The van der Waals surface area contributed by atoms with Crippen molar-refractivity contribution in [1.82, 2.24) is 15.3 Å². The summed E-state index contributed by atoms with van der Waals surface area (Å²) < 4.78 is 0. The first-order valence-corrected chi connectivity index (χ1v) is 6.80. The number of aromatic amines is 1. The van der Waals surface area contributed by atoms with Crippen molar-refractivity contribution < 1.29 is 0 Å². The maximum atomic E-state index is 11.8. The first kappa shape index (κ1) is 11.7. The molecule has 0 radical (unpaired) electrons. The lowest BCUT2D eigenvalue weighted by Gasteiger charge is -2.14. The van der Waals surface area contributed by atoms with Crippen LogP contribution in [-0.4, -0.2) is 29.3 Å².